The van der Waals surface area contributed by atoms with Crippen molar-refractivity contribution in [3.05, 3.63) is 0 Å². The van der Waals surface area contributed by atoms with Gasteiger partial charge in [-0.05, 0) is 32.2 Å². The van der Waals surface area contributed by atoms with Gasteiger partial charge in [0.2, 0.25) is 0 Å². The van der Waals surface area contributed by atoms with Gasteiger partial charge >= 0.3 is 0 Å². The smallest absolute Gasteiger partial charge is 0.137 e. The first-order valence-corrected chi connectivity index (χ1v) is 5.64. The standard InChI is InChI=1S/C11H19NO/c13-11-7-4-5-9(11)10-6-2-1-3-8-12-10/h9-10,12H,1-8H2/t9-,10+/m1/s1. The van der Waals surface area contributed by atoms with E-state index in [1.165, 1.54) is 25.7 Å². The van der Waals surface area contributed by atoms with Crippen molar-refractivity contribution in [1.29, 1.82) is 0 Å². The number of hydrogen-bond donors (Lipinski definition) is 1. The first-order chi connectivity index (χ1) is 6.38. The van der Waals surface area contributed by atoms with Crippen molar-refractivity contribution in [2.45, 2.75) is 51.0 Å². The SMILES string of the molecule is O=C1CCC[C@@H]1[C@@H]1CCCCCN1. The normalized spacial score (nSPS) is 36.2. The van der Waals surface area contributed by atoms with Gasteiger partial charge in [0.1, 0.15) is 5.78 Å². The average molecular weight is 181 g/mol. The zero-order valence-corrected chi connectivity index (χ0v) is 8.22. The largest absolute Gasteiger partial charge is 0.313 e. The minimum Gasteiger partial charge on any atom is -0.313 e. The lowest BCUT2D eigenvalue weighted by Crippen LogP contribution is -2.37. The van der Waals surface area contributed by atoms with E-state index >= 15 is 0 Å². The molecule has 2 aliphatic rings. The number of Topliss-reactive ketones (excluding diaryl/α,β-unsaturated/α-hetero) is 1. The fraction of sp³-hybridized carbons (Fsp3) is 0.909. The summed E-state index contributed by atoms with van der Waals surface area (Å²) in [6.07, 6.45) is 8.25. The van der Waals surface area contributed by atoms with Crippen LogP contribution < -0.4 is 5.32 Å². The van der Waals surface area contributed by atoms with Gasteiger partial charge in [0.25, 0.3) is 0 Å². The minimum absolute atomic E-state index is 0.359. The van der Waals surface area contributed by atoms with E-state index < -0.39 is 0 Å². The molecule has 0 aromatic carbocycles. The molecule has 0 spiro atoms. The molecule has 0 aromatic heterocycles. The molecule has 74 valence electrons. The van der Waals surface area contributed by atoms with Crippen LogP contribution >= 0.6 is 0 Å². The van der Waals surface area contributed by atoms with Gasteiger partial charge in [0, 0.05) is 18.4 Å². The van der Waals surface area contributed by atoms with E-state index in [-0.39, 0.29) is 0 Å². The number of ketones is 1. The Hall–Kier alpha value is -0.370. The molecule has 1 saturated carbocycles. The highest BCUT2D eigenvalue weighted by Crippen LogP contribution is 2.27. The van der Waals surface area contributed by atoms with Crippen LogP contribution in [0.15, 0.2) is 0 Å². The van der Waals surface area contributed by atoms with Crippen molar-refractivity contribution < 1.29 is 4.79 Å². The van der Waals surface area contributed by atoms with E-state index in [0.717, 1.165) is 25.8 Å². The van der Waals surface area contributed by atoms with Crippen molar-refractivity contribution in [3.8, 4) is 0 Å². The number of carbonyl (C=O) groups excluding carboxylic acids is 1. The Labute approximate surface area is 80.1 Å². The lowest BCUT2D eigenvalue weighted by molar-refractivity contribution is -0.121. The molecule has 13 heavy (non-hydrogen) atoms. The van der Waals surface area contributed by atoms with Crippen molar-refractivity contribution in [2.75, 3.05) is 6.54 Å². The molecular formula is C11H19NO. The fourth-order valence-electron chi connectivity index (χ4n) is 2.67. The molecule has 2 nitrogen and oxygen atoms in total. The van der Waals surface area contributed by atoms with Crippen molar-refractivity contribution in [3.63, 3.8) is 0 Å². The van der Waals surface area contributed by atoms with Crippen molar-refractivity contribution in [1.82, 2.24) is 5.32 Å². The predicted molar refractivity (Wildman–Crippen MR) is 52.6 cm³/mol. The number of rotatable bonds is 1. The second kappa shape index (κ2) is 4.23. The van der Waals surface area contributed by atoms with Crippen LogP contribution in [0.2, 0.25) is 0 Å². The maximum Gasteiger partial charge on any atom is 0.137 e. The van der Waals surface area contributed by atoms with Crippen LogP contribution in [0, 0.1) is 5.92 Å². The summed E-state index contributed by atoms with van der Waals surface area (Å²) < 4.78 is 0. The van der Waals surface area contributed by atoms with Gasteiger partial charge in [-0.3, -0.25) is 4.79 Å². The Kier molecular flexibility index (Phi) is 2.99. The van der Waals surface area contributed by atoms with Crippen molar-refractivity contribution in [2.24, 2.45) is 5.92 Å². The summed E-state index contributed by atoms with van der Waals surface area (Å²) >= 11 is 0. The molecule has 0 bridgehead atoms. The summed E-state index contributed by atoms with van der Waals surface area (Å²) in [6.45, 7) is 1.12. The van der Waals surface area contributed by atoms with Gasteiger partial charge in [-0.2, -0.15) is 0 Å². The van der Waals surface area contributed by atoms with Gasteiger partial charge in [-0.15, -0.1) is 0 Å². The molecule has 0 radical (unpaired) electrons. The van der Waals surface area contributed by atoms with E-state index in [9.17, 15) is 4.79 Å². The monoisotopic (exact) mass is 181 g/mol. The highest BCUT2D eigenvalue weighted by molar-refractivity contribution is 5.83. The molecule has 1 aliphatic heterocycles. The lowest BCUT2D eigenvalue weighted by atomic mass is 9.94. The molecule has 2 heteroatoms. The van der Waals surface area contributed by atoms with E-state index in [2.05, 4.69) is 5.32 Å². The van der Waals surface area contributed by atoms with Crippen LogP contribution in [0.25, 0.3) is 0 Å². The minimum atomic E-state index is 0.359. The lowest BCUT2D eigenvalue weighted by Gasteiger charge is -2.21. The molecular weight excluding hydrogens is 162 g/mol. The third kappa shape index (κ3) is 2.11. The summed E-state index contributed by atoms with van der Waals surface area (Å²) in [4.78, 5) is 11.5. The highest BCUT2D eigenvalue weighted by atomic mass is 16.1. The van der Waals surface area contributed by atoms with Crippen LogP contribution in [0.1, 0.15) is 44.9 Å². The van der Waals surface area contributed by atoms with Gasteiger partial charge in [-0.1, -0.05) is 12.8 Å². The third-order valence-electron chi connectivity index (χ3n) is 3.44. The van der Waals surface area contributed by atoms with Gasteiger partial charge < -0.3 is 5.32 Å². The number of nitrogens with one attached hydrogen (secondary N) is 1. The Bertz CT molecular complexity index is 183. The van der Waals surface area contributed by atoms with E-state index in [1.807, 2.05) is 0 Å². The van der Waals surface area contributed by atoms with Crippen LogP contribution in [0.5, 0.6) is 0 Å². The Morgan fingerprint density at radius 2 is 2.00 bits per heavy atom. The van der Waals surface area contributed by atoms with E-state index in [1.54, 1.807) is 0 Å². The maximum absolute atomic E-state index is 11.5. The van der Waals surface area contributed by atoms with Crippen molar-refractivity contribution >= 4 is 5.78 Å². The first kappa shape index (κ1) is 9.20. The topological polar surface area (TPSA) is 29.1 Å². The predicted octanol–water partition coefficient (Wildman–Crippen LogP) is 1.89. The maximum atomic E-state index is 11.5. The molecule has 1 saturated heterocycles. The Balaban J connectivity index is 1.93. The molecule has 1 heterocycles. The summed E-state index contributed by atoms with van der Waals surface area (Å²) in [7, 11) is 0. The number of hydrogen-bond acceptors (Lipinski definition) is 2. The molecule has 0 aromatic rings. The summed E-state index contributed by atoms with van der Waals surface area (Å²) in [5.41, 5.74) is 0. The second-order valence-corrected chi connectivity index (χ2v) is 4.37. The van der Waals surface area contributed by atoms with Crippen LogP contribution in [-0.2, 0) is 4.79 Å². The zero-order chi connectivity index (χ0) is 9.10. The van der Waals surface area contributed by atoms with Gasteiger partial charge in [0.05, 0.1) is 0 Å². The van der Waals surface area contributed by atoms with E-state index in [0.29, 0.717) is 17.7 Å². The Morgan fingerprint density at radius 3 is 2.77 bits per heavy atom. The molecule has 0 unspecified atom stereocenters. The summed E-state index contributed by atoms with van der Waals surface area (Å²) in [5.74, 6) is 0.873. The highest BCUT2D eigenvalue weighted by Gasteiger charge is 2.31. The molecule has 2 atom stereocenters. The Morgan fingerprint density at radius 1 is 1.08 bits per heavy atom. The van der Waals surface area contributed by atoms with Crippen LogP contribution in [-0.4, -0.2) is 18.4 Å². The van der Waals surface area contributed by atoms with Crippen LogP contribution in [0.4, 0.5) is 0 Å². The van der Waals surface area contributed by atoms with Gasteiger partial charge in [-0.25, -0.2) is 0 Å². The molecule has 2 rings (SSSR count). The molecule has 1 aliphatic carbocycles. The number of carbonyl (C=O) groups is 1. The summed E-state index contributed by atoms with van der Waals surface area (Å²) in [5, 5.41) is 3.53. The fourth-order valence-corrected chi connectivity index (χ4v) is 2.67. The second-order valence-electron chi connectivity index (χ2n) is 4.37. The van der Waals surface area contributed by atoms with Crippen LogP contribution in [0.3, 0.4) is 0 Å². The molecule has 1 N–H and O–H groups in total. The zero-order valence-electron chi connectivity index (χ0n) is 8.22. The molecule has 2 fully saturated rings. The van der Waals surface area contributed by atoms with E-state index in [4.69, 9.17) is 0 Å². The quantitative estimate of drug-likeness (QED) is 0.669. The average Bonchev–Trinajstić information content (AvgIpc) is 2.43. The van der Waals surface area contributed by atoms with Gasteiger partial charge in [0.15, 0.2) is 0 Å². The third-order valence-corrected chi connectivity index (χ3v) is 3.44. The summed E-state index contributed by atoms with van der Waals surface area (Å²) in [6, 6.07) is 0.512. The molecule has 0 amide bonds. The first-order valence-electron chi connectivity index (χ1n) is 5.64.